The molecule has 1 aromatic heterocycles. The van der Waals surface area contributed by atoms with Crippen LogP contribution in [0.2, 0.25) is 0 Å². The molecule has 0 saturated carbocycles. The molecule has 6 rings (SSSR count). The van der Waals surface area contributed by atoms with Crippen LogP contribution in [0.5, 0.6) is 11.5 Å². The molecule has 3 saturated heterocycles. The first-order valence-corrected chi connectivity index (χ1v) is 16.6. The second-order valence-electron chi connectivity index (χ2n) is 13.6. The van der Waals surface area contributed by atoms with Crippen LogP contribution in [0.3, 0.4) is 0 Å². The SMILES string of the molecule is CC(C)c1ccc(-c2ccc(Oc3cc(C(=O)NC4CCN(C5CCOCC5)CC4)c(F)cc3CN3CC(C)(O)CC3=O)cc2)nn1. The molecule has 0 bridgehead atoms. The summed E-state index contributed by atoms with van der Waals surface area (Å²) in [5.74, 6) is -0.409. The van der Waals surface area contributed by atoms with Crippen LogP contribution in [-0.4, -0.2) is 87.5 Å². The minimum Gasteiger partial charge on any atom is -0.457 e. The van der Waals surface area contributed by atoms with E-state index in [9.17, 15) is 14.7 Å². The van der Waals surface area contributed by atoms with Gasteiger partial charge in [-0.15, -0.1) is 0 Å². The number of rotatable bonds is 9. The van der Waals surface area contributed by atoms with E-state index in [0.717, 1.165) is 68.9 Å². The number of halogens is 1. The van der Waals surface area contributed by atoms with Crippen LogP contribution >= 0.6 is 0 Å². The number of carbonyl (C=O) groups excluding carboxylic acids is 2. The van der Waals surface area contributed by atoms with Gasteiger partial charge in [-0.2, -0.15) is 10.2 Å². The van der Waals surface area contributed by atoms with E-state index in [2.05, 4.69) is 34.3 Å². The number of carbonyl (C=O) groups is 2. The highest BCUT2D eigenvalue weighted by Crippen LogP contribution is 2.33. The van der Waals surface area contributed by atoms with Crippen LogP contribution in [0, 0.1) is 5.82 Å². The number of aliphatic hydroxyl groups is 1. The maximum atomic E-state index is 15.6. The summed E-state index contributed by atoms with van der Waals surface area (Å²) in [6.45, 7) is 9.21. The Bertz CT molecular complexity index is 1570. The molecule has 0 spiro atoms. The molecule has 0 aliphatic carbocycles. The first-order valence-electron chi connectivity index (χ1n) is 16.6. The van der Waals surface area contributed by atoms with E-state index in [0.29, 0.717) is 17.4 Å². The molecule has 1 atom stereocenters. The number of nitrogens with one attached hydrogen (secondary N) is 1. The molecule has 3 aliphatic heterocycles. The second kappa shape index (κ2) is 14.0. The van der Waals surface area contributed by atoms with Crippen LogP contribution in [-0.2, 0) is 16.1 Å². The summed E-state index contributed by atoms with van der Waals surface area (Å²) in [5.41, 5.74) is 1.61. The van der Waals surface area contributed by atoms with Crippen molar-refractivity contribution in [2.75, 3.05) is 32.8 Å². The Kier molecular flexibility index (Phi) is 9.86. The van der Waals surface area contributed by atoms with Gasteiger partial charge in [-0.05, 0) is 87.1 Å². The predicted molar refractivity (Wildman–Crippen MR) is 175 cm³/mol. The summed E-state index contributed by atoms with van der Waals surface area (Å²) in [6, 6.07) is 14.3. The number of benzene rings is 2. The lowest BCUT2D eigenvalue weighted by atomic mass is 9.99. The molecular formula is C36H44FN5O5. The van der Waals surface area contributed by atoms with Gasteiger partial charge >= 0.3 is 0 Å². The van der Waals surface area contributed by atoms with Crippen molar-refractivity contribution in [2.24, 2.45) is 0 Å². The van der Waals surface area contributed by atoms with E-state index < -0.39 is 17.3 Å². The van der Waals surface area contributed by atoms with Gasteiger partial charge in [-0.3, -0.25) is 9.59 Å². The zero-order valence-corrected chi connectivity index (χ0v) is 27.4. The summed E-state index contributed by atoms with van der Waals surface area (Å²) in [6.07, 6.45) is 3.63. The van der Waals surface area contributed by atoms with Crippen molar-refractivity contribution in [3.8, 4) is 22.8 Å². The van der Waals surface area contributed by atoms with Gasteiger partial charge in [-0.1, -0.05) is 13.8 Å². The number of nitrogens with zero attached hydrogens (tertiary/aromatic N) is 4. The largest absolute Gasteiger partial charge is 0.457 e. The van der Waals surface area contributed by atoms with Crippen LogP contribution in [0.15, 0.2) is 48.5 Å². The maximum absolute atomic E-state index is 15.6. The summed E-state index contributed by atoms with van der Waals surface area (Å²) < 4.78 is 27.4. The van der Waals surface area contributed by atoms with E-state index >= 15 is 4.39 Å². The van der Waals surface area contributed by atoms with Crippen molar-refractivity contribution in [1.82, 2.24) is 25.3 Å². The van der Waals surface area contributed by atoms with Crippen molar-refractivity contribution < 1.29 is 28.6 Å². The second-order valence-corrected chi connectivity index (χ2v) is 13.6. The van der Waals surface area contributed by atoms with Gasteiger partial charge in [0.2, 0.25) is 5.91 Å². The highest BCUT2D eigenvalue weighted by Gasteiger charge is 2.38. The molecule has 3 aliphatic rings. The molecule has 4 heterocycles. The van der Waals surface area contributed by atoms with Crippen LogP contribution in [0.25, 0.3) is 11.3 Å². The number of likely N-dealkylation sites (tertiary alicyclic amines) is 2. The molecule has 2 N–H and O–H groups in total. The summed E-state index contributed by atoms with van der Waals surface area (Å²) in [4.78, 5) is 30.0. The molecule has 250 valence electrons. The monoisotopic (exact) mass is 645 g/mol. The fraction of sp³-hybridized carbons (Fsp3) is 0.500. The maximum Gasteiger partial charge on any atom is 0.254 e. The third-order valence-corrected chi connectivity index (χ3v) is 9.40. The lowest BCUT2D eigenvalue weighted by Gasteiger charge is -2.39. The fourth-order valence-corrected chi connectivity index (χ4v) is 6.68. The van der Waals surface area contributed by atoms with E-state index in [1.54, 1.807) is 19.1 Å². The molecule has 2 aromatic carbocycles. The highest BCUT2D eigenvalue weighted by molar-refractivity contribution is 5.95. The molecule has 1 unspecified atom stereocenters. The lowest BCUT2D eigenvalue weighted by molar-refractivity contribution is -0.128. The first-order chi connectivity index (χ1) is 22.5. The Morgan fingerprint density at radius 3 is 2.43 bits per heavy atom. The predicted octanol–water partition coefficient (Wildman–Crippen LogP) is 5.05. The number of piperidine rings is 1. The topological polar surface area (TPSA) is 117 Å². The van der Waals surface area contributed by atoms with Crippen molar-refractivity contribution in [3.63, 3.8) is 0 Å². The smallest absolute Gasteiger partial charge is 0.254 e. The zero-order valence-electron chi connectivity index (χ0n) is 27.4. The molecule has 3 aromatic rings. The number of amides is 2. The van der Waals surface area contributed by atoms with E-state index in [1.807, 2.05) is 24.3 Å². The average Bonchev–Trinajstić information content (AvgIpc) is 3.33. The number of β-amino-alcohol motifs (C(OH)–C–C–N with tert-alkyl or cyclic N) is 1. The van der Waals surface area contributed by atoms with E-state index in [-0.39, 0.29) is 48.7 Å². The zero-order chi connectivity index (χ0) is 33.1. The van der Waals surface area contributed by atoms with Crippen molar-refractivity contribution in [2.45, 2.75) is 83.0 Å². The molecule has 11 heteroatoms. The van der Waals surface area contributed by atoms with Crippen molar-refractivity contribution in [3.05, 3.63) is 71.2 Å². The highest BCUT2D eigenvalue weighted by atomic mass is 19.1. The van der Waals surface area contributed by atoms with Crippen LogP contribution < -0.4 is 10.1 Å². The van der Waals surface area contributed by atoms with Gasteiger partial charge in [0.15, 0.2) is 0 Å². The minimum absolute atomic E-state index is 0.0119. The normalized spacial score (nSPS) is 21.4. The summed E-state index contributed by atoms with van der Waals surface area (Å²) in [7, 11) is 0. The van der Waals surface area contributed by atoms with Gasteiger partial charge in [0.1, 0.15) is 17.3 Å². The Morgan fingerprint density at radius 1 is 1.09 bits per heavy atom. The number of hydrogen-bond donors (Lipinski definition) is 2. The van der Waals surface area contributed by atoms with Gasteiger partial charge < -0.3 is 29.7 Å². The Morgan fingerprint density at radius 2 is 1.81 bits per heavy atom. The molecule has 3 fully saturated rings. The Labute approximate surface area is 275 Å². The van der Waals surface area contributed by atoms with E-state index in [4.69, 9.17) is 9.47 Å². The molecule has 47 heavy (non-hydrogen) atoms. The minimum atomic E-state index is -1.16. The lowest BCUT2D eigenvalue weighted by Crippen LogP contribution is -2.49. The number of ether oxygens (including phenoxy) is 2. The van der Waals surface area contributed by atoms with Crippen molar-refractivity contribution in [1.29, 1.82) is 0 Å². The number of hydrogen-bond acceptors (Lipinski definition) is 8. The summed E-state index contributed by atoms with van der Waals surface area (Å²) in [5, 5.41) is 22.2. The third-order valence-electron chi connectivity index (χ3n) is 9.40. The van der Waals surface area contributed by atoms with Crippen molar-refractivity contribution >= 4 is 11.8 Å². The molecule has 10 nitrogen and oxygen atoms in total. The first kappa shape index (κ1) is 33.0. The number of aromatic nitrogens is 2. The quantitative estimate of drug-likeness (QED) is 0.332. The molecular weight excluding hydrogens is 601 g/mol. The average molecular weight is 646 g/mol. The van der Waals surface area contributed by atoms with Gasteiger partial charge in [-0.25, -0.2) is 4.39 Å². The third kappa shape index (κ3) is 7.97. The fourth-order valence-electron chi connectivity index (χ4n) is 6.68. The van der Waals surface area contributed by atoms with Gasteiger partial charge in [0, 0.05) is 62.6 Å². The molecule has 2 amide bonds. The van der Waals surface area contributed by atoms with Gasteiger partial charge in [0.25, 0.3) is 5.91 Å². The summed E-state index contributed by atoms with van der Waals surface area (Å²) >= 11 is 0. The standard InChI is InChI=1S/C36H44FN5O5/c1-23(2)31-8-9-32(40-39-31)24-4-6-28(7-5-24)47-33-19-29(30(37)18-25(33)21-42-22-36(3,45)20-34(42)43)35(44)38-26-10-14-41(15-11-26)27-12-16-46-17-13-27/h4-9,18-19,23,26-27,45H,10-17,20-22H2,1-3H3,(H,38,44). The Hall–Kier alpha value is -3.93. The van der Waals surface area contributed by atoms with Gasteiger partial charge in [0.05, 0.1) is 29.0 Å². The van der Waals surface area contributed by atoms with Crippen LogP contribution in [0.4, 0.5) is 4.39 Å². The Balaban J connectivity index is 1.19. The molecule has 0 radical (unpaired) electrons. The van der Waals surface area contributed by atoms with E-state index in [1.165, 1.54) is 17.0 Å². The van der Waals surface area contributed by atoms with Crippen LogP contribution in [0.1, 0.15) is 80.4 Å².